The molecule has 0 radical (unpaired) electrons. The third kappa shape index (κ3) is 3.71. The Balaban J connectivity index is 1.84. The van der Waals surface area contributed by atoms with Crippen LogP contribution in [0.2, 0.25) is 0 Å². The van der Waals surface area contributed by atoms with Gasteiger partial charge in [-0.25, -0.2) is 0 Å². The molecule has 2 heterocycles. The van der Waals surface area contributed by atoms with Crippen LogP contribution in [0.5, 0.6) is 17.2 Å². The zero-order chi connectivity index (χ0) is 19.4. The second kappa shape index (κ2) is 7.81. The van der Waals surface area contributed by atoms with Crippen LogP contribution in [-0.2, 0) is 0 Å². The summed E-state index contributed by atoms with van der Waals surface area (Å²) in [5, 5.41) is 6.70. The van der Waals surface area contributed by atoms with Gasteiger partial charge in [0.05, 0.1) is 27.6 Å². The van der Waals surface area contributed by atoms with Crippen molar-refractivity contribution in [3.05, 3.63) is 42.2 Å². The number of carbonyl (C=O) groups excluding carboxylic acids is 1. The number of rotatable bonds is 7. The smallest absolute Gasteiger partial charge is 0.287 e. The van der Waals surface area contributed by atoms with Crippen molar-refractivity contribution >= 4 is 5.91 Å². The lowest BCUT2D eigenvalue weighted by Gasteiger charge is -2.12. The van der Waals surface area contributed by atoms with E-state index in [-0.39, 0.29) is 17.6 Å². The summed E-state index contributed by atoms with van der Waals surface area (Å²) in [7, 11) is 4.57. The third-order valence-corrected chi connectivity index (χ3v) is 3.83. The van der Waals surface area contributed by atoms with E-state index in [0.29, 0.717) is 28.6 Å². The molecule has 0 saturated carbocycles. The van der Waals surface area contributed by atoms with E-state index in [1.54, 1.807) is 31.2 Å². The zero-order valence-corrected chi connectivity index (χ0v) is 15.3. The van der Waals surface area contributed by atoms with Crippen LogP contribution in [0.1, 0.15) is 29.4 Å². The van der Waals surface area contributed by atoms with Crippen LogP contribution in [0.3, 0.4) is 0 Å². The molecule has 1 aromatic carbocycles. The van der Waals surface area contributed by atoms with Gasteiger partial charge in [0.2, 0.25) is 17.5 Å². The lowest BCUT2D eigenvalue weighted by Crippen LogP contribution is -2.26. The topological polar surface area (TPSA) is 109 Å². The van der Waals surface area contributed by atoms with Crippen LogP contribution in [-0.4, -0.2) is 37.4 Å². The Morgan fingerprint density at radius 2 is 1.85 bits per heavy atom. The van der Waals surface area contributed by atoms with Crippen LogP contribution >= 0.6 is 0 Å². The molecule has 0 bridgehead atoms. The number of ether oxygens (including phenoxy) is 3. The second-order valence-corrected chi connectivity index (χ2v) is 5.54. The number of methoxy groups -OCH3 is 3. The molecule has 9 nitrogen and oxygen atoms in total. The number of carbonyl (C=O) groups is 1. The van der Waals surface area contributed by atoms with Crippen molar-refractivity contribution in [2.45, 2.75) is 13.0 Å². The third-order valence-electron chi connectivity index (χ3n) is 3.83. The molecule has 2 aromatic heterocycles. The summed E-state index contributed by atoms with van der Waals surface area (Å²) in [6.45, 7) is 1.73. The lowest BCUT2D eigenvalue weighted by molar-refractivity contribution is 0.0904. The van der Waals surface area contributed by atoms with Gasteiger partial charge in [-0.1, -0.05) is 5.16 Å². The van der Waals surface area contributed by atoms with E-state index in [0.717, 1.165) is 0 Å². The summed E-state index contributed by atoms with van der Waals surface area (Å²) in [5.41, 5.74) is 0.615. The molecule has 0 saturated heterocycles. The van der Waals surface area contributed by atoms with Gasteiger partial charge in [0.1, 0.15) is 6.04 Å². The molecule has 1 amide bonds. The highest BCUT2D eigenvalue weighted by molar-refractivity contribution is 5.91. The summed E-state index contributed by atoms with van der Waals surface area (Å²) in [5.74, 6) is 1.80. The number of nitrogens with one attached hydrogen (secondary N) is 1. The van der Waals surface area contributed by atoms with Crippen LogP contribution in [0.15, 0.2) is 39.5 Å². The molecule has 0 spiro atoms. The second-order valence-electron chi connectivity index (χ2n) is 5.54. The maximum atomic E-state index is 12.1. The van der Waals surface area contributed by atoms with Crippen molar-refractivity contribution in [2.24, 2.45) is 0 Å². The van der Waals surface area contributed by atoms with Crippen LogP contribution < -0.4 is 19.5 Å². The van der Waals surface area contributed by atoms with E-state index in [2.05, 4.69) is 15.5 Å². The molecule has 3 aromatic rings. The molecule has 0 fully saturated rings. The first-order valence-corrected chi connectivity index (χ1v) is 8.05. The minimum atomic E-state index is -0.508. The number of nitrogens with zero attached hydrogens (tertiary/aromatic N) is 2. The first kappa shape index (κ1) is 18.3. The Morgan fingerprint density at radius 3 is 2.41 bits per heavy atom. The zero-order valence-electron chi connectivity index (χ0n) is 15.3. The Bertz CT molecular complexity index is 894. The maximum absolute atomic E-state index is 12.1. The molecular formula is C18H19N3O6. The minimum Gasteiger partial charge on any atom is -0.493 e. The highest BCUT2D eigenvalue weighted by Crippen LogP contribution is 2.40. The molecule has 9 heteroatoms. The Kier molecular flexibility index (Phi) is 5.30. The number of aromatic nitrogens is 2. The fourth-order valence-electron chi connectivity index (χ4n) is 2.48. The van der Waals surface area contributed by atoms with Gasteiger partial charge in [-0.2, -0.15) is 4.98 Å². The molecule has 0 aliphatic rings. The average molecular weight is 373 g/mol. The molecule has 142 valence electrons. The molecular weight excluding hydrogens is 354 g/mol. The van der Waals surface area contributed by atoms with Crippen molar-refractivity contribution in [3.63, 3.8) is 0 Å². The quantitative estimate of drug-likeness (QED) is 0.673. The van der Waals surface area contributed by atoms with Gasteiger partial charge in [0, 0.05) is 5.56 Å². The lowest BCUT2D eigenvalue weighted by atomic mass is 10.1. The number of amides is 1. The van der Waals surface area contributed by atoms with E-state index in [1.165, 1.54) is 27.6 Å². The molecule has 1 atom stereocenters. The number of benzene rings is 1. The van der Waals surface area contributed by atoms with Gasteiger partial charge < -0.3 is 28.5 Å². The molecule has 0 unspecified atom stereocenters. The van der Waals surface area contributed by atoms with Crippen molar-refractivity contribution in [3.8, 4) is 28.6 Å². The minimum absolute atomic E-state index is 0.200. The van der Waals surface area contributed by atoms with Gasteiger partial charge in [0.15, 0.2) is 17.3 Å². The molecule has 0 aliphatic heterocycles. The predicted octanol–water partition coefficient (Wildman–Crippen LogP) is 2.85. The number of hydrogen-bond acceptors (Lipinski definition) is 8. The van der Waals surface area contributed by atoms with Crippen molar-refractivity contribution in [1.82, 2.24) is 15.5 Å². The Labute approximate surface area is 155 Å². The molecule has 0 aliphatic carbocycles. The number of hydrogen-bond donors (Lipinski definition) is 1. The number of furan rings is 1. The summed E-state index contributed by atoms with van der Waals surface area (Å²) < 4.78 is 26.3. The summed E-state index contributed by atoms with van der Waals surface area (Å²) >= 11 is 0. The summed E-state index contributed by atoms with van der Waals surface area (Å²) in [4.78, 5) is 16.4. The van der Waals surface area contributed by atoms with Crippen LogP contribution in [0, 0.1) is 0 Å². The van der Waals surface area contributed by atoms with Gasteiger partial charge in [-0.3, -0.25) is 4.79 Å². The van der Waals surface area contributed by atoms with Crippen LogP contribution in [0.4, 0.5) is 0 Å². The fraction of sp³-hybridized carbons (Fsp3) is 0.278. The standard InChI is InChI=1S/C18H19N3O6/c1-10(19-17(22)12-6-5-7-26-12)18-20-16(21-27-18)11-8-13(23-2)15(25-4)14(9-11)24-3/h5-10H,1-4H3,(H,19,22)/t10-/m1/s1. The van der Waals surface area contributed by atoms with Gasteiger partial charge in [-0.05, 0) is 31.2 Å². The molecule has 1 N–H and O–H groups in total. The predicted molar refractivity (Wildman–Crippen MR) is 94.0 cm³/mol. The molecule has 3 rings (SSSR count). The first-order valence-electron chi connectivity index (χ1n) is 8.05. The van der Waals surface area contributed by atoms with Crippen molar-refractivity contribution in [2.75, 3.05) is 21.3 Å². The Hall–Kier alpha value is -3.49. The van der Waals surface area contributed by atoms with Gasteiger partial charge in [0.25, 0.3) is 5.91 Å². The SMILES string of the molecule is COc1cc(-c2noc([C@@H](C)NC(=O)c3ccco3)n2)cc(OC)c1OC. The Morgan fingerprint density at radius 1 is 1.15 bits per heavy atom. The first-order chi connectivity index (χ1) is 13.1. The van der Waals surface area contributed by atoms with Gasteiger partial charge >= 0.3 is 0 Å². The summed E-state index contributed by atoms with van der Waals surface area (Å²) in [6.07, 6.45) is 1.43. The van der Waals surface area contributed by atoms with Gasteiger partial charge in [-0.15, -0.1) is 0 Å². The maximum Gasteiger partial charge on any atom is 0.287 e. The van der Waals surface area contributed by atoms with E-state index in [1.807, 2.05) is 0 Å². The van der Waals surface area contributed by atoms with E-state index < -0.39 is 6.04 Å². The fourth-order valence-corrected chi connectivity index (χ4v) is 2.48. The van der Waals surface area contributed by atoms with E-state index in [9.17, 15) is 4.79 Å². The average Bonchev–Trinajstić information content (AvgIpc) is 3.38. The van der Waals surface area contributed by atoms with Crippen LogP contribution in [0.25, 0.3) is 11.4 Å². The van der Waals surface area contributed by atoms with Crippen molar-refractivity contribution < 1.29 is 27.9 Å². The largest absolute Gasteiger partial charge is 0.493 e. The van der Waals surface area contributed by atoms with Crippen molar-refractivity contribution in [1.29, 1.82) is 0 Å². The monoisotopic (exact) mass is 373 g/mol. The molecule has 27 heavy (non-hydrogen) atoms. The highest BCUT2D eigenvalue weighted by atomic mass is 16.5. The van der Waals surface area contributed by atoms with E-state index >= 15 is 0 Å². The highest BCUT2D eigenvalue weighted by Gasteiger charge is 2.21. The summed E-state index contributed by atoms with van der Waals surface area (Å²) in [6, 6.07) is 6.11. The normalized spacial score (nSPS) is 11.7. The van der Waals surface area contributed by atoms with E-state index in [4.69, 9.17) is 23.2 Å².